The predicted molar refractivity (Wildman–Crippen MR) is 106 cm³/mol. The Morgan fingerprint density at radius 2 is 1.62 bits per heavy atom. The lowest BCUT2D eigenvalue weighted by Crippen LogP contribution is -2.11. The largest absolute Gasteiger partial charge is 0.322 e. The summed E-state index contributed by atoms with van der Waals surface area (Å²) in [5.74, 6) is 4.38. The Morgan fingerprint density at radius 3 is 2.31 bits per heavy atom. The fourth-order valence-corrected chi connectivity index (χ4v) is 2.47. The van der Waals surface area contributed by atoms with Crippen LogP contribution in [0.3, 0.4) is 0 Å². The molecule has 8 heteroatoms. The van der Waals surface area contributed by atoms with Crippen LogP contribution in [0.25, 0.3) is 0 Å². The molecule has 0 saturated heterocycles. The molecule has 0 atom stereocenters. The van der Waals surface area contributed by atoms with Gasteiger partial charge in [0.1, 0.15) is 5.82 Å². The highest BCUT2D eigenvalue weighted by Crippen LogP contribution is 2.12. The molecule has 3 aromatic rings. The summed E-state index contributed by atoms with van der Waals surface area (Å²) in [5.41, 5.74) is 2.27. The number of aromatic nitrogens is 1. The number of nitrogens with one attached hydrogen (secondary N) is 1. The van der Waals surface area contributed by atoms with E-state index in [4.69, 9.17) is 0 Å². The quantitative estimate of drug-likeness (QED) is 0.677. The molecule has 0 unspecified atom stereocenters. The summed E-state index contributed by atoms with van der Waals surface area (Å²) >= 11 is -0.160. The van der Waals surface area contributed by atoms with Gasteiger partial charge in [-0.15, -0.1) is 4.36 Å². The van der Waals surface area contributed by atoms with E-state index in [0.29, 0.717) is 22.4 Å². The molecule has 2 amide bonds. The molecular weight excluding hydrogens is 393 g/mol. The van der Waals surface area contributed by atoms with Gasteiger partial charge in [0.2, 0.25) is 11.5 Å². The van der Waals surface area contributed by atoms with Gasteiger partial charge in [0.25, 0.3) is 11.8 Å². The Kier molecular flexibility index (Phi) is 6.35. The van der Waals surface area contributed by atoms with Gasteiger partial charge in [-0.3, -0.25) is 14.6 Å². The summed E-state index contributed by atoms with van der Waals surface area (Å²) in [4.78, 5) is 27.6. The molecule has 3 rings (SSSR count). The van der Waals surface area contributed by atoms with Gasteiger partial charge in [0, 0.05) is 34.8 Å². The van der Waals surface area contributed by atoms with Crippen LogP contribution in [0.15, 0.2) is 71.4 Å². The van der Waals surface area contributed by atoms with Crippen LogP contribution in [0, 0.1) is 17.7 Å². The molecule has 6 nitrogen and oxygen atoms in total. The van der Waals surface area contributed by atoms with Gasteiger partial charge in [0.15, 0.2) is 0 Å². The number of hydrogen-bond acceptors (Lipinski definition) is 4. The highest BCUT2D eigenvalue weighted by molar-refractivity contribution is 7.55. The Hall–Kier alpha value is -3.96. The second-order valence-corrected chi connectivity index (χ2v) is 6.05. The van der Waals surface area contributed by atoms with Gasteiger partial charge in [-0.25, -0.2) is 4.39 Å². The van der Waals surface area contributed by atoms with E-state index in [1.54, 1.807) is 24.3 Å². The standard InChI is InChI=1S/C21H12FN3O3S/c22-18-7-5-16(6-8-18)20(26)24-19-9-3-14(4-10-19)1-2-15-11-17(13-23-12-15)21(27)25-29-28/h3-13H,(H,24,26). The maximum atomic E-state index is 12.9. The van der Waals surface area contributed by atoms with E-state index in [1.807, 2.05) is 0 Å². The Labute approximate surface area is 169 Å². The fourth-order valence-electron chi connectivity index (χ4n) is 2.30. The van der Waals surface area contributed by atoms with Gasteiger partial charge in [-0.2, -0.15) is 4.21 Å². The van der Waals surface area contributed by atoms with E-state index in [0.717, 1.165) is 0 Å². The first-order valence-electron chi connectivity index (χ1n) is 8.23. The lowest BCUT2D eigenvalue weighted by Gasteiger charge is -2.05. The van der Waals surface area contributed by atoms with Crippen LogP contribution < -0.4 is 5.32 Å². The number of hydrogen-bond donors (Lipinski definition) is 1. The summed E-state index contributed by atoms with van der Waals surface area (Å²) < 4.78 is 26.5. The molecule has 0 bridgehead atoms. The summed E-state index contributed by atoms with van der Waals surface area (Å²) in [7, 11) is 0. The van der Waals surface area contributed by atoms with Crippen LogP contribution in [-0.2, 0) is 11.5 Å². The van der Waals surface area contributed by atoms with Gasteiger partial charge in [-0.1, -0.05) is 11.8 Å². The van der Waals surface area contributed by atoms with Crippen molar-refractivity contribution in [1.82, 2.24) is 4.98 Å². The number of pyridine rings is 1. The van der Waals surface area contributed by atoms with Crippen LogP contribution in [0.1, 0.15) is 31.8 Å². The average Bonchev–Trinajstić information content (AvgIpc) is 2.74. The van der Waals surface area contributed by atoms with Crippen LogP contribution in [0.2, 0.25) is 0 Å². The van der Waals surface area contributed by atoms with Crippen molar-refractivity contribution in [3.05, 3.63) is 95.1 Å². The molecule has 1 N–H and O–H groups in total. The minimum absolute atomic E-state index is 0.160. The van der Waals surface area contributed by atoms with Crippen molar-refractivity contribution in [3.8, 4) is 11.8 Å². The molecule has 142 valence electrons. The van der Waals surface area contributed by atoms with Crippen LogP contribution in [0.5, 0.6) is 0 Å². The maximum absolute atomic E-state index is 12.9. The second-order valence-electron chi connectivity index (χ2n) is 5.72. The zero-order valence-corrected chi connectivity index (χ0v) is 15.6. The van der Waals surface area contributed by atoms with Gasteiger partial charge in [-0.05, 0) is 54.6 Å². The van der Waals surface area contributed by atoms with E-state index in [9.17, 15) is 18.2 Å². The minimum Gasteiger partial charge on any atom is -0.322 e. The zero-order valence-electron chi connectivity index (χ0n) is 14.8. The lowest BCUT2D eigenvalue weighted by atomic mass is 10.1. The number of rotatable bonds is 3. The molecule has 0 radical (unpaired) electrons. The third-order valence-corrected chi connectivity index (χ3v) is 3.95. The smallest absolute Gasteiger partial charge is 0.291 e. The van der Waals surface area contributed by atoms with Crippen LogP contribution in [0.4, 0.5) is 10.1 Å². The van der Waals surface area contributed by atoms with Gasteiger partial charge >= 0.3 is 0 Å². The minimum atomic E-state index is -0.664. The number of amides is 2. The second kappa shape index (κ2) is 9.30. The van der Waals surface area contributed by atoms with Crippen molar-refractivity contribution >= 4 is 29.0 Å². The molecule has 0 aliphatic rings. The Balaban J connectivity index is 1.69. The monoisotopic (exact) mass is 405 g/mol. The van der Waals surface area contributed by atoms with E-state index >= 15 is 0 Å². The summed E-state index contributed by atoms with van der Waals surface area (Å²) in [6.07, 6.45) is 2.80. The molecule has 1 heterocycles. The number of benzene rings is 2. The predicted octanol–water partition coefficient (Wildman–Crippen LogP) is 3.41. The van der Waals surface area contributed by atoms with E-state index < -0.39 is 11.7 Å². The van der Waals surface area contributed by atoms with E-state index in [-0.39, 0.29) is 22.9 Å². The average molecular weight is 405 g/mol. The fraction of sp³-hybridized carbons (Fsp3) is 0. The molecule has 0 spiro atoms. The van der Waals surface area contributed by atoms with Crippen molar-refractivity contribution in [2.45, 2.75) is 0 Å². The molecule has 0 saturated carbocycles. The van der Waals surface area contributed by atoms with Crippen molar-refractivity contribution in [1.29, 1.82) is 0 Å². The van der Waals surface area contributed by atoms with Crippen molar-refractivity contribution in [2.24, 2.45) is 4.36 Å². The van der Waals surface area contributed by atoms with Crippen LogP contribution in [-0.4, -0.2) is 21.0 Å². The zero-order chi connectivity index (χ0) is 20.6. The third kappa shape index (κ3) is 5.51. The third-order valence-electron chi connectivity index (χ3n) is 3.71. The number of carbonyl (C=O) groups is 2. The van der Waals surface area contributed by atoms with Crippen LogP contribution >= 0.6 is 0 Å². The normalized spacial score (nSPS) is 9.69. The Bertz CT molecular complexity index is 1180. The van der Waals surface area contributed by atoms with Gasteiger partial charge in [0.05, 0.1) is 5.56 Å². The summed E-state index contributed by atoms with van der Waals surface area (Å²) in [5, 5.41) is 2.72. The maximum Gasteiger partial charge on any atom is 0.291 e. The number of halogens is 1. The highest BCUT2D eigenvalue weighted by atomic mass is 32.1. The van der Waals surface area contributed by atoms with Crippen molar-refractivity contribution in [3.63, 3.8) is 0 Å². The SMILES string of the molecule is O=S=NC(=O)c1cncc(C#Cc2ccc(NC(=O)c3ccc(F)cc3)cc2)c1. The summed E-state index contributed by atoms with van der Waals surface area (Å²) in [6, 6.07) is 13.6. The first kappa shape index (κ1) is 19.8. The number of anilines is 1. The van der Waals surface area contributed by atoms with Crippen molar-refractivity contribution in [2.75, 3.05) is 5.32 Å². The van der Waals surface area contributed by atoms with Gasteiger partial charge < -0.3 is 5.32 Å². The molecule has 0 aliphatic carbocycles. The molecule has 1 aromatic heterocycles. The lowest BCUT2D eigenvalue weighted by molar-refractivity contribution is 0.100. The Morgan fingerprint density at radius 1 is 0.931 bits per heavy atom. The van der Waals surface area contributed by atoms with Crippen molar-refractivity contribution < 1.29 is 18.2 Å². The molecule has 0 fully saturated rings. The first-order valence-corrected chi connectivity index (χ1v) is 8.93. The molecule has 0 aliphatic heterocycles. The van der Waals surface area contributed by atoms with E-state index in [1.165, 1.54) is 42.7 Å². The number of carbonyl (C=O) groups excluding carboxylic acids is 2. The topological polar surface area (TPSA) is 88.5 Å². The summed E-state index contributed by atoms with van der Waals surface area (Å²) in [6.45, 7) is 0. The highest BCUT2D eigenvalue weighted by Gasteiger charge is 2.06. The number of nitrogens with zero attached hydrogens (tertiary/aromatic N) is 2. The molecule has 29 heavy (non-hydrogen) atoms. The first-order chi connectivity index (χ1) is 14.0. The molecular formula is C21H12FN3O3S. The molecule has 2 aromatic carbocycles. The van der Waals surface area contributed by atoms with E-state index in [2.05, 4.69) is 26.5 Å².